The predicted octanol–water partition coefficient (Wildman–Crippen LogP) is 2.43. The molecular weight excluding hydrogens is 373 g/mol. The van der Waals surface area contributed by atoms with E-state index >= 15 is 0 Å². The van der Waals surface area contributed by atoms with Crippen molar-refractivity contribution >= 4 is 17.5 Å². The Labute approximate surface area is 159 Å². The summed E-state index contributed by atoms with van der Waals surface area (Å²) in [7, 11) is 1.83. The Morgan fingerprint density at radius 1 is 1.41 bits per heavy atom. The molecule has 4 rings (SSSR count). The second-order valence-corrected chi connectivity index (χ2v) is 7.01. The topological polar surface area (TPSA) is 90.2 Å². The maximum atomic E-state index is 14.2. The summed E-state index contributed by atoms with van der Waals surface area (Å²) in [5.41, 5.74) is 7.59. The standard InChI is InChI=1S/C18H17ClFN5O2/c1-24-7-10(6-22-24)12-8-25(9-14(12)21)18(26)16-5-15(23-27-16)11-3-2-4-13(19)17(11)20/h2-7,12,14H,8-9,21H2,1H3/t12-,14+/m0/s1. The van der Waals surface area contributed by atoms with Gasteiger partial charge in [0.15, 0.2) is 5.82 Å². The quantitative estimate of drug-likeness (QED) is 0.743. The number of hydrogen-bond acceptors (Lipinski definition) is 5. The fraction of sp³-hybridized carbons (Fsp3) is 0.278. The Hall–Kier alpha value is -2.71. The normalized spacial score (nSPS) is 19.6. The van der Waals surface area contributed by atoms with Gasteiger partial charge in [-0.1, -0.05) is 22.8 Å². The fourth-order valence-corrected chi connectivity index (χ4v) is 3.51. The van der Waals surface area contributed by atoms with Crippen LogP contribution in [-0.4, -0.2) is 44.9 Å². The Morgan fingerprint density at radius 2 is 2.22 bits per heavy atom. The van der Waals surface area contributed by atoms with Gasteiger partial charge in [0.05, 0.1) is 11.2 Å². The van der Waals surface area contributed by atoms with Crippen LogP contribution in [-0.2, 0) is 7.05 Å². The van der Waals surface area contributed by atoms with Crippen molar-refractivity contribution in [3.05, 3.63) is 58.8 Å². The number of halogens is 2. The highest BCUT2D eigenvalue weighted by Crippen LogP contribution is 2.30. The maximum absolute atomic E-state index is 14.2. The molecule has 1 fully saturated rings. The van der Waals surface area contributed by atoms with Gasteiger partial charge in [-0.25, -0.2) is 4.39 Å². The number of benzene rings is 1. The molecule has 0 aliphatic carbocycles. The molecule has 27 heavy (non-hydrogen) atoms. The summed E-state index contributed by atoms with van der Waals surface area (Å²) in [5, 5.41) is 7.95. The van der Waals surface area contributed by atoms with Crippen LogP contribution in [0.1, 0.15) is 22.0 Å². The Kier molecular flexibility index (Phi) is 4.45. The molecule has 2 atom stereocenters. The number of aromatic nitrogens is 3. The van der Waals surface area contributed by atoms with Gasteiger partial charge < -0.3 is 15.2 Å². The van der Waals surface area contributed by atoms with E-state index in [1.165, 1.54) is 18.2 Å². The summed E-state index contributed by atoms with van der Waals surface area (Å²) in [6.45, 7) is 0.840. The van der Waals surface area contributed by atoms with Crippen LogP contribution in [0.15, 0.2) is 41.2 Å². The van der Waals surface area contributed by atoms with Crippen LogP contribution in [0.4, 0.5) is 4.39 Å². The monoisotopic (exact) mass is 389 g/mol. The van der Waals surface area contributed by atoms with E-state index in [4.69, 9.17) is 21.9 Å². The molecule has 0 saturated carbocycles. The summed E-state index contributed by atoms with van der Waals surface area (Å²) >= 11 is 5.80. The average molecular weight is 390 g/mol. The Morgan fingerprint density at radius 3 is 2.96 bits per heavy atom. The molecule has 1 aliphatic heterocycles. The molecule has 1 aromatic carbocycles. The highest BCUT2D eigenvalue weighted by atomic mass is 35.5. The van der Waals surface area contributed by atoms with Gasteiger partial charge in [0, 0.05) is 49.9 Å². The number of rotatable bonds is 3. The number of hydrogen-bond donors (Lipinski definition) is 1. The number of amides is 1. The van der Waals surface area contributed by atoms with Crippen molar-refractivity contribution in [3.8, 4) is 11.3 Å². The first-order chi connectivity index (χ1) is 12.9. The van der Waals surface area contributed by atoms with E-state index in [2.05, 4.69) is 10.3 Å². The van der Waals surface area contributed by atoms with Gasteiger partial charge in [0.25, 0.3) is 5.91 Å². The van der Waals surface area contributed by atoms with Crippen LogP contribution in [0.3, 0.4) is 0 Å². The first-order valence-corrected chi connectivity index (χ1v) is 8.76. The minimum Gasteiger partial charge on any atom is -0.350 e. The van der Waals surface area contributed by atoms with Crippen molar-refractivity contribution < 1.29 is 13.7 Å². The van der Waals surface area contributed by atoms with E-state index in [1.54, 1.807) is 21.8 Å². The van der Waals surface area contributed by atoms with Gasteiger partial charge in [-0.3, -0.25) is 9.48 Å². The molecule has 3 heterocycles. The second kappa shape index (κ2) is 6.79. The molecule has 140 valence electrons. The molecule has 3 aromatic rings. The van der Waals surface area contributed by atoms with Gasteiger partial charge in [-0.15, -0.1) is 0 Å². The fourth-order valence-electron chi connectivity index (χ4n) is 3.34. The zero-order valence-corrected chi connectivity index (χ0v) is 15.2. The van der Waals surface area contributed by atoms with Gasteiger partial charge in [0.1, 0.15) is 5.69 Å². The summed E-state index contributed by atoms with van der Waals surface area (Å²) in [5.74, 6) is -0.914. The molecule has 1 saturated heterocycles. The van der Waals surface area contributed by atoms with Crippen LogP contribution in [0.5, 0.6) is 0 Å². The summed E-state index contributed by atoms with van der Waals surface area (Å²) < 4.78 is 21.0. The summed E-state index contributed by atoms with van der Waals surface area (Å²) in [4.78, 5) is 14.4. The van der Waals surface area contributed by atoms with Crippen LogP contribution >= 0.6 is 11.6 Å². The predicted molar refractivity (Wildman–Crippen MR) is 96.7 cm³/mol. The van der Waals surface area contributed by atoms with Crippen LogP contribution < -0.4 is 5.73 Å². The third kappa shape index (κ3) is 3.22. The molecule has 0 radical (unpaired) electrons. The highest BCUT2D eigenvalue weighted by Gasteiger charge is 2.36. The van der Waals surface area contributed by atoms with Gasteiger partial charge in [0.2, 0.25) is 5.76 Å². The first-order valence-electron chi connectivity index (χ1n) is 8.38. The van der Waals surface area contributed by atoms with Crippen LogP contribution in [0.25, 0.3) is 11.3 Å². The van der Waals surface area contributed by atoms with Crippen molar-refractivity contribution in [2.45, 2.75) is 12.0 Å². The molecule has 1 amide bonds. The van der Waals surface area contributed by atoms with Crippen LogP contribution in [0, 0.1) is 5.82 Å². The van der Waals surface area contributed by atoms with Gasteiger partial charge >= 0.3 is 0 Å². The van der Waals surface area contributed by atoms with E-state index in [0.29, 0.717) is 13.1 Å². The molecule has 2 N–H and O–H groups in total. The summed E-state index contributed by atoms with van der Waals surface area (Å²) in [6, 6.07) is 5.79. The SMILES string of the molecule is Cn1cc([C@@H]2CN(C(=O)c3cc(-c4cccc(Cl)c4F)no3)C[C@H]2N)cn1. The van der Waals surface area contributed by atoms with Crippen molar-refractivity contribution in [2.75, 3.05) is 13.1 Å². The molecule has 2 aromatic heterocycles. The maximum Gasteiger partial charge on any atom is 0.292 e. The Balaban J connectivity index is 1.54. The van der Waals surface area contributed by atoms with Gasteiger partial charge in [-0.2, -0.15) is 5.10 Å². The molecular formula is C18H17ClFN5O2. The molecule has 0 bridgehead atoms. The number of nitrogens with two attached hydrogens (primary N) is 1. The smallest absolute Gasteiger partial charge is 0.292 e. The Bertz CT molecular complexity index is 1000. The number of carbonyl (C=O) groups excluding carboxylic acids is 1. The van der Waals surface area contributed by atoms with Gasteiger partial charge in [-0.05, 0) is 17.7 Å². The highest BCUT2D eigenvalue weighted by molar-refractivity contribution is 6.31. The third-order valence-electron chi connectivity index (χ3n) is 4.75. The minimum atomic E-state index is -0.605. The molecule has 7 nitrogen and oxygen atoms in total. The van der Waals surface area contributed by atoms with E-state index in [9.17, 15) is 9.18 Å². The minimum absolute atomic E-state index is 0.00424. The average Bonchev–Trinajstić information content (AvgIpc) is 3.36. The lowest BCUT2D eigenvalue weighted by molar-refractivity contribution is 0.0747. The van der Waals surface area contributed by atoms with Crippen molar-refractivity contribution in [1.29, 1.82) is 0 Å². The van der Waals surface area contributed by atoms with E-state index in [0.717, 1.165) is 5.56 Å². The van der Waals surface area contributed by atoms with Crippen molar-refractivity contribution in [3.63, 3.8) is 0 Å². The molecule has 9 heteroatoms. The summed E-state index contributed by atoms with van der Waals surface area (Å²) in [6.07, 6.45) is 3.65. The largest absolute Gasteiger partial charge is 0.350 e. The molecule has 1 aliphatic rings. The number of carbonyl (C=O) groups is 1. The lowest BCUT2D eigenvalue weighted by Crippen LogP contribution is -2.32. The number of likely N-dealkylation sites (tertiary alicyclic amines) is 1. The van der Waals surface area contributed by atoms with E-state index in [-0.39, 0.29) is 39.9 Å². The lowest BCUT2D eigenvalue weighted by Gasteiger charge is -2.13. The second-order valence-electron chi connectivity index (χ2n) is 6.61. The zero-order chi connectivity index (χ0) is 19.1. The molecule has 0 unspecified atom stereocenters. The first kappa shape index (κ1) is 17.7. The number of nitrogens with zero attached hydrogens (tertiary/aromatic N) is 4. The number of aryl methyl sites for hydroxylation is 1. The van der Waals surface area contributed by atoms with E-state index in [1.807, 2.05) is 13.2 Å². The van der Waals surface area contributed by atoms with Crippen molar-refractivity contribution in [2.24, 2.45) is 12.8 Å². The van der Waals surface area contributed by atoms with Crippen molar-refractivity contribution in [1.82, 2.24) is 19.8 Å². The molecule has 0 spiro atoms. The lowest BCUT2D eigenvalue weighted by atomic mass is 9.98. The van der Waals surface area contributed by atoms with Crippen LogP contribution in [0.2, 0.25) is 5.02 Å². The zero-order valence-electron chi connectivity index (χ0n) is 14.5. The third-order valence-corrected chi connectivity index (χ3v) is 5.05. The van der Waals surface area contributed by atoms with E-state index < -0.39 is 5.82 Å².